The van der Waals surface area contributed by atoms with Gasteiger partial charge in [-0.05, 0) is 65.0 Å². The summed E-state index contributed by atoms with van der Waals surface area (Å²) in [6.07, 6.45) is 4.24. The van der Waals surface area contributed by atoms with Crippen LogP contribution in [0.5, 0.6) is 0 Å². The third-order valence-electron chi connectivity index (χ3n) is 6.09. The van der Waals surface area contributed by atoms with Crippen LogP contribution in [0.25, 0.3) is 0 Å². The van der Waals surface area contributed by atoms with Gasteiger partial charge in [-0.2, -0.15) is 0 Å². The maximum absolute atomic E-state index is 12.3. The van der Waals surface area contributed by atoms with Gasteiger partial charge in [0.2, 0.25) is 0 Å². The van der Waals surface area contributed by atoms with E-state index < -0.39 is 0 Å². The number of aromatic nitrogens is 1. The Morgan fingerprint density at radius 1 is 1.17 bits per heavy atom. The number of carbonyl (C=O) groups is 1. The van der Waals surface area contributed by atoms with E-state index in [0.717, 1.165) is 35.8 Å². The van der Waals surface area contributed by atoms with Crippen molar-refractivity contribution in [3.63, 3.8) is 0 Å². The molecule has 160 valence electrons. The van der Waals surface area contributed by atoms with Gasteiger partial charge in [0.15, 0.2) is 0 Å². The van der Waals surface area contributed by atoms with Crippen molar-refractivity contribution in [2.24, 2.45) is 0 Å². The lowest BCUT2D eigenvalue weighted by Crippen LogP contribution is -2.47. The van der Waals surface area contributed by atoms with Crippen molar-refractivity contribution < 1.29 is 4.79 Å². The highest BCUT2D eigenvalue weighted by Crippen LogP contribution is 2.30. The number of rotatable bonds is 5. The molecule has 30 heavy (non-hydrogen) atoms. The Morgan fingerprint density at radius 2 is 1.87 bits per heavy atom. The number of fused-ring (bicyclic) bond motifs is 1. The summed E-state index contributed by atoms with van der Waals surface area (Å²) >= 11 is 0. The van der Waals surface area contributed by atoms with E-state index in [1.807, 2.05) is 26.1 Å². The highest BCUT2D eigenvalue weighted by molar-refractivity contribution is 5.95. The van der Waals surface area contributed by atoms with Crippen molar-refractivity contribution in [2.75, 3.05) is 42.3 Å². The summed E-state index contributed by atoms with van der Waals surface area (Å²) in [5.41, 5.74) is 4.21. The molecule has 2 N–H and O–H groups in total. The van der Waals surface area contributed by atoms with E-state index in [9.17, 15) is 4.79 Å². The number of benzene rings is 1. The summed E-state index contributed by atoms with van der Waals surface area (Å²) in [7, 11) is 4.34. The topological polar surface area (TPSA) is 63.7 Å². The Balaban J connectivity index is 1.45. The number of nitrogens with one attached hydrogen (secondary N) is 2. The van der Waals surface area contributed by atoms with Gasteiger partial charge in [-0.25, -0.2) is 9.78 Å². The van der Waals surface area contributed by atoms with Gasteiger partial charge in [0, 0.05) is 60.9 Å². The van der Waals surface area contributed by atoms with E-state index in [2.05, 4.69) is 63.8 Å². The predicted molar refractivity (Wildman–Crippen MR) is 123 cm³/mol. The van der Waals surface area contributed by atoms with E-state index in [0.29, 0.717) is 12.6 Å². The molecule has 0 radical (unpaired) electrons. The number of piperidine rings is 1. The van der Waals surface area contributed by atoms with Crippen LogP contribution in [0.2, 0.25) is 0 Å². The lowest BCUT2D eigenvalue weighted by Gasteiger charge is -2.36. The van der Waals surface area contributed by atoms with Gasteiger partial charge in [0.1, 0.15) is 5.82 Å². The minimum Gasteiger partial charge on any atom is -0.371 e. The van der Waals surface area contributed by atoms with Crippen molar-refractivity contribution in [3.8, 4) is 0 Å². The van der Waals surface area contributed by atoms with Crippen LogP contribution in [0, 0.1) is 0 Å². The molecule has 7 nitrogen and oxygen atoms in total. The van der Waals surface area contributed by atoms with Crippen LogP contribution in [0.15, 0.2) is 36.5 Å². The predicted octanol–water partition coefficient (Wildman–Crippen LogP) is 3.79. The number of nitrogens with zero attached hydrogens (tertiary/aromatic N) is 4. The van der Waals surface area contributed by atoms with Gasteiger partial charge < -0.3 is 20.4 Å². The van der Waals surface area contributed by atoms with E-state index >= 15 is 0 Å². The van der Waals surface area contributed by atoms with Crippen LogP contribution in [0.4, 0.5) is 27.7 Å². The average Bonchev–Trinajstić information content (AvgIpc) is 2.74. The molecule has 2 amide bonds. The Kier molecular flexibility index (Phi) is 5.81. The highest BCUT2D eigenvalue weighted by Gasteiger charge is 2.26. The third-order valence-corrected chi connectivity index (χ3v) is 6.09. The molecule has 4 rings (SSSR count). The van der Waals surface area contributed by atoms with E-state index in [1.165, 1.54) is 18.5 Å². The number of urea groups is 1. The van der Waals surface area contributed by atoms with Gasteiger partial charge in [0.05, 0.1) is 5.69 Å². The molecule has 1 aromatic carbocycles. The fraction of sp³-hybridized carbons (Fsp3) is 0.478. The third kappa shape index (κ3) is 4.21. The quantitative estimate of drug-likeness (QED) is 0.788. The van der Waals surface area contributed by atoms with E-state index in [1.54, 1.807) is 4.90 Å². The van der Waals surface area contributed by atoms with Gasteiger partial charge in [-0.3, -0.25) is 4.90 Å². The lowest BCUT2D eigenvalue weighted by atomic mass is 10.0. The summed E-state index contributed by atoms with van der Waals surface area (Å²) in [6.45, 7) is 6.73. The first-order chi connectivity index (χ1) is 14.4. The monoisotopic (exact) mass is 408 g/mol. The van der Waals surface area contributed by atoms with Crippen molar-refractivity contribution in [1.82, 2.24) is 15.2 Å². The molecular formula is C23H32N6O. The zero-order chi connectivity index (χ0) is 21.3. The minimum atomic E-state index is -0.0583. The molecule has 3 heterocycles. The van der Waals surface area contributed by atoms with E-state index in [4.69, 9.17) is 0 Å². The highest BCUT2D eigenvalue weighted by atomic mass is 16.2. The summed E-state index contributed by atoms with van der Waals surface area (Å²) in [5, 5.41) is 6.29. The molecule has 1 aromatic heterocycles. The number of anilines is 4. The van der Waals surface area contributed by atoms with Gasteiger partial charge in [0.25, 0.3) is 0 Å². The number of hydrogen-bond donors (Lipinski definition) is 2. The number of amides is 2. The molecule has 0 unspecified atom stereocenters. The van der Waals surface area contributed by atoms with Crippen molar-refractivity contribution in [2.45, 2.75) is 45.3 Å². The van der Waals surface area contributed by atoms with E-state index in [-0.39, 0.29) is 12.1 Å². The van der Waals surface area contributed by atoms with Crippen molar-refractivity contribution >= 4 is 28.9 Å². The van der Waals surface area contributed by atoms with Crippen LogP contribution in [0.1, 0.15) is 32.3 Å². The van der Waals surface area contributed by atoms with Gasteiger partial charge in [-0.15, -0.1) is 0 Å². The number of pyridine rings is 1. The standard InChI is InChI=1S/C23H32N6O/c1-16(2)29-21-13-22(24-14-17(21)15-25-23(29)30)26-18-5-7-20(8-6-18)28-11-9-19(10-12-28)27(3)4/h5-8,13-14,16,19H,9-12,15H2,1-4H3,(H,24,26)(H,25,30). The largest absolute Gasteiger partial charge is 0.371 e. The Hall–Kier alpha value is -2.80. The molecular weight excluding hydrogens is 376 g/mol. The fourth-order valence-corrected chi connectivity index (χ4v) is 4.32. The van der Waals surface area contributed by atoms with Gasteiger partial charge >= 0.3 is 6.03 Å². The molecule has 0 spiro atoms. The second kappa shape index (κ2) is 8.52. The molecule has 7 heteroatoms. The second-order valence-corrected chi connectivity index (χ2v) is 8.67. The summed E-state index contributed by atoms with van der Waals surface area (Å²) in [5.74, 6) is 0.744. The first kappa shape index (κ1) is 20.5. The lowest BCUT2D eigenvalue weighted by molar-refractivity contribution is 0.243. The average molecular weight is 409 g/mol. The smallest absolute Gasteiger partial charge is 0.322 e. The van der Waals surface area contributed by atoms with Gasteiger partial charge in [-0.1, -0.05) is 0 Å². The van der Waals surface area contributed by atoms with Crippen molar-refractivity contribution in [1.29, 1.82) is 0 Å². The maximum atomic E-state index is 12.3. The Bertz CT molecular complexity index is 887. The maximum Gasteiger partial charge on any atom is 0.322 e. The summed E-state index contributed by atoms with van der Waals surface area (Å²) < 4.78 is 0. The number of hydrogen-bond acceptors (Lipinski definition) is 5. The van der Waals surface area contributed by atoms with Crippen LogP contribution < -0.4 is 20.4 Å². The van der Waals surface area contributed by atoms with Crippen molar-refractivity contribution in [3.05, 3.63) is 42.1 Å². The van der Waals surface area contributed by atoms with Crippen LogP contribution in [0.3, 0.4) is 0 Å². The van der Waals surface area contributed by atoms with Crippen LogP contribution in [-0.4, -0.2) is 55.2 Å². The first-order valence-electron chi connectivity index (χ1n) is 10.8. The minimum absolute atomic E-state index is 0.0583. The number of carbonyl (C=O) groups excluding carboxylic acids is 1. The molecule has 0 aliphatic carbocycles. The Morgan fingerprint density at radius 3 is 2.50 bits per heavy atom. The molecule has 2 aliphatic heterocycles. The summed E-state index contributed by atoms with van der Waals surface area (Å²) in [4.78, 5) is 23.4. The normalized spacial score (nSPS) is 17.3. The first-order valence-corrected chi connectivity index (χ1v) is 10.8. The zero-order valence-corrected chi connectivity index (χ0v) is 18.4. The molecule has 0 bridgehead atoms. The van der Waals surface area contributed by atoms with Crippen LogP contribution >= 0.6 is 0 Å². The Labute approximate surface area is 179 Å². The SMILES string of the molecule is CC(C)N1C(=O)NCc2cnc(Nc3ccc(N4CCC(N(C)C)CC4)cc3)cc21. The second-order valence-electron chi connectivity index (χ2n) is 8.67. The van der Waals surface area contributed by atoms with Crippen LogP contribution in [-0.2, 0) is 6.54 Å². The zero-order valence-electron chi connectivity index (χ0n) is 18.4. The molecule has 2 aliphatic rings. The molecule has 0 atom stereocenters. The molecule has 2 aromatic rings. The fourth-order valence-electron chi connectivity index (χ4n) is 4.32. The summed E-state index contributed by atoms with van der Waals surface area (Å²) in [6, 6.07) is 11.2. The molecule has 0 saturated carbocycles. The molecule has 1 fully saturated rings. The molecule has 1 saturated heterocycles.